The summed E-state index contributed by atoms with van der Waals surface area (Å²) in [4.78, 5) is 65.3. The number of aliphatic hydroxyl groups is 1. The minimum atomic E-state index is -3.02. The molecule has 1 unspecified atom stereocenters. The van der Waals surface area contributed by atoms with Gasteiger partial charge in [0.15, 0.2) is 11.9 Å². The fraction of sp³-hybridized carbons (Fsp3) is 0.583. The molecule has 13 nitrogen and oxygen atoms in total. The van der Waals surface area contributed by atoms with E-state index >= 15 is 13.6 Å². The highest BCUT2D eigenvalue weighted by atomic mass is 19.3. The van der Waals surface area contributed by atoms with Crippen molar-refractivity contribution in [2.75, 3.05) is 59.5 Å². The summed E-state index contributed by atoms with van der Waals surface area (Å²) in [6.07, 6.45) is 3.89. The number of benzene rings is 2. The van der Waals surface area contributed by atoms with Crippen molar-refractivity contribution in [1.82, 2.24) is 14.8 Å². The van der Waals surface area contributed by atoms with Gasteiger partial charge in [0.1, 0.15) is 11.2 Å². The van der Waals surface area contributed by atoms with Crippen LogP contribution in [0.3, 0.4) is 0 Å². The minimum absolute atomic E-state index is 0.0526. The van der Waals surface area contributed by atoms with E-state index in [9.17, 15) is 19.5 Å². The molecule has 2 N–H and O–H groups in total. The van der Waals surface area contributed by atoms with Gasteiger partial charge in [-0.3, -0.25) is 24.2 Å². The first kappa shape index (κ1) is 44.7. The SMILES string of the molecule is CCN1Cc2c([nH]c3ccc(C(C)=O)cc23)[C@@](C(=O)OC)(c2cc3c(cc2OC)N(C)[C@H]2[C@@](O)(C(=O)OC)[C@H](OC(C)=O)[C@]4(CC)C=CCN5CC[C@]32[C@@H]54)CCCC(C(C)(F)F)C1. The molecule has 15 heteroatoms. The number of aromatic amines is 1. The Morgan fingerprint density at radius 3 is 2.33 bits per heavy atom. The van der Waals surface area contributed by atoms with Crippen LogP contribution >= 0.6 is 0 Å². The van der Waals surface area contributed by atoms with E-state index in [4.69, 9.17) is 18.9 Å². The molecule has 2 fully saturated rings. The number of H-pyrrole nitrogens is 1. The third kappa shape index (κ3) is 6.22. The second-order valence-corrected chi connectivity index (χ2v) is 18.5. The van der Waals surface area contributed by atoms with Gasteiger partial charge in [-0.05, 0) is 88.0 Å². The number of hydrogen-bond acceptors (Lipinski definition) is 12. The Bertz CT molecular complexity index is 2400. The number of halogens is 2. The Hall–Kier alpha value is -4.86. The van der Waals surface area contributed by atoms with E-state index in [1.807, 2.05) is 54.0 Å². The summed E-state index contributed by atoms with van der Waals surface area (Å²) in [6, 6.07) is 7.69. The average Bonchev–Trinajstić information content (AvgIpc) is 3.91. The molecule has 1 saturated heterocycles. The molecule has 0 bridgehead atoms. The number of esters is 3. The van der Waals surface area contributed by atoms with Gasteiger partial charge in [-0.1, -0.05) is 32.4 Å². The maximum absolute atomic E-state index is 15.5. The van der Waals surface area contributed by atoms with Crippen LogP contribution in [-0.4, -0.2) is 128 Å². The first-order valence-electron chi connectivity index (χ1n) is 22.1. The number of nitrogens with one attached hydrogen (secondary N) is 1. The molecule has 5 heterocycles. The number of ether oxygens (including phenoxy) is 4. The average molecular weight is 875 g/mol. The number of Topliss-reactive ketones (excluding diaryl/α,β-unsaturated/α-hetero) is 1. The van der Waals surface area contributed by atoms with Crippen molar-refractivity contribution in [1.29, 1.82) is 0 Å². The van der Waals surface area contributed by atoms with Gasteiger partial charge < -0.3 is 33.9 Å². The molecule has 0 amide bonds. The van der Waals surface area contributed by atoms with Crippen molar-refractivity contribution < 1.29 is 52.0 Å². The van der Waals surface area contributed by atoms with Crippen LogP contribution in [0.4, 0.5) is 14.5 Å². The zero-order chi connectivity index (χ0) is 45.6. The summed E-state index contributed by atoms with van der Waals surface area (Å²) >= 11 is 0. The molecular formula is C48H60F2N4O9. The monoisotopic (exact) mass is 874 g/mol. The van der Waals surface area contributed by atoms with Gasteiger partial charge >= 0.3 is 17.9 Å². The summed E-state index contributed by atoms with van der Waals surface area (Å²) in [6.45, 7) is 9.48. The molecule has 4 aliphatic heterocycles. The number of carbonyl (C=O) groups excluding carboxylic acids is 4. The van der Waals surface area contributed by atoms with E-state index in [1.165, 1.54) is 35.2 Å². The lowest BCUT2D eigenvalue weighted by Gasteiger charge is -2.63. The molecule has 1 spiro atoms. The summed E-state index contributed by atoms with van der Waals surface area (Å²) in [5.74, 6) is -6.13. The molecule has 5 aliphatic rings. The fourth-order valence-electron chi connectivity index (χ4n) is 12.9. The number of hydrogen-bond donors (Lipinski definition) is 2. The predicted octanol–water partition coefficient (Wildman–Crippen LogP) is 6.06. The third-order valence-electron chi connectivity index (χ3n) is 15.6. The second-order valence-electron chi connectivity index (χ2n) is 18.5. The fourth-order valence-corrected chi connectivity index (χ4v) is 12.9. The highest BCUT2D eigenvalue weighted by Crippen LogP contribution is 2.68. The van der Waals surface area contributed by atoms with Crippen LogP contribution in [0.5, 0.6) is 5.75 Å². The van der Waals surface area contributed by atoms with E-state index in [2.05, 4.69) is 9.88 Å². The van der Waals surface area contributed by atoms with Gasteiger partial charge in [-0.25, -0.2) is 13.6 Å². The first-order chi connectivity index (χ1) is 29.8. The Labute approximate surface area is 367 Å². The van der Waals surface area contributed by atoms with E-state index in [-0.39, 0.29) is 38.1 Å². The predicted molar refractivity (Wildman–Crippen MR) is 231 cm³/mol. The summed E-state index contributed by atoms with van der Waals surface area (Å²) in [5.41, 5.74) is -2.04. The van der Waals surface area contributed by atoms with Gasteiger partial charge in [-0.2, -0.15) is 0 Å². The van der Waals surface area contributed by atoms with Crippen LogP contribution in [-0.2, 0) is 46.0 Å². The molecule has 0 radical (unpaired) electrons. The largest absolute Gasteiger partial charge is 0.496 e. The molecule has 1 aliphatic carbocycles. The molecular weight excluding hydrogens is 815 g/mol. The smallest absolute Gasteiger partial charge is 0.344 e. The molecule has 8 rings (SSSR count). The molecule has 340 valence electrons. The highest BCUT2D eigenvalue weighted by Gasteiger charge is 2.80. The summed E-state index contributed by atoms with van der Waals surface area (Å²) in [5, 5.41) is 14.0. The van der Waals surface area contributed by atoms with Gasteiger partial charge in [0.05, 0.1) is 27.4 Å². The van der Waals surface area contributed by atoms with E-state index in [0.717, 1.165) is 12.5 Å². The maximum atomic E-state index is 15.5. The van der Waals surface area contributed by atoms with Crippen molar-refractivity contribution in [3.05, 3.63) is 70.4 Å². The normalized spacial score (nSPS) is 31.7. The van der Waals surface area contributed by atoms with Crippen LogP contribution in [0.1, 0.15) is 99.5 Å². The standard InChI is InChI=1S/C48H60F2N4O9/c1-10-45-17-13-20-54-21-19-47(39(45)54)33-23-34(37(60-7)24-36(33)52(6)40(47)48(59,43(58)62-9)41(45)63-28(4)56)46(42(57)61-8)18-12-14-30(44(5,49)50)25-53(11-2)26-32-31-22-29(27(3)55)15-16-35(31)51-38(32)46/h13,15-17,22-24,30,39-41,51,59H,10-12,14,18-21,25-26H2,1-9H3/t30?,39-,40+,41+,45+,46-,47+,48-/m0/s1. The molecule has 2 aromatic carbocycles. The first-order valence-corrected chi connectivity index (χ1v) is 22.1. The maximum Gasteiger partial charge on any atom is 0.344 e. The lowest BCUT2D eigenvalue weighted by molar-refractivity contribution is -0.228. The Kier molecular flexibility index (Phi) is 11.1. The number of rotatable bonds is 9. The van der Waals surface area contributed by atoms with Gasteiger partial charge in [0.25, 0.3) is 0 Å². The summed E-state index contributed by atoms with van der Waals surface area (Å²) in [7, 11) is 5.82. The highest BCUT2D eigenvalue weighted by molar-refractivity contribution is 6.00. The summed E-state index contributed by atoms with van der Waals surface area (Å²) < 4.78 is 54.8. The van der Waals surface area contributed by atoms with Crippen LogP contribution < -0.4 is 9.64 Å². The number of aromatic nitrogens is 1. The molecule has 1 saturated carbocycles. The minimum Gasteiger partial charge on any atom is -0.496 e. The Morgan fingerprint density at radius 2 is 1.71 bits per heavy atom. The lowest BCUT2D eigenvalue weighted by atomic mass is 9.47. The zero-order valence-corrected chi connectivity index (χ0v) is 37.7. The molecule has 63 heavy (non-hydrogen) atoms. The Balaban J connectivity index is 1.47. The van der Waals surface area contributed by atoms with Crippen LogP contribution in [0, 0.1) is 11.3 Å². The van der Waals surface area contributed by atoms with E-state index < -0.39 is 69.8 Å². The van der Waals surface area contributed by atoms with Gasteiger partial charge in [-0.15, -0.1) is 0 Å². The van der Waals surface area contributed by atoms with Crippen LogP contribution in [0.15, 0.2) is 42.5 Å². The number of likely N-dealkylation sites (N-methyl/N-ethyl adjacent to an activating group) is 1. The number of nitrogens with zero attached hydrogens (tertiary/aromatic N) is 3. The van der Waals surface area contributed by atoms with Crippen LogP contribution in [0.2, 0.25) is 0 Å². The molecule has 8 atom stereocenters. The zero-order valence-electron chi connectivity index (χ0n) is 37.7. The van der Waals surface area contributed by atoms with E-state index in [0.29, 0.717) is 77.2 Å². The lowest BCUT2D eigenvalue weighted by Crippen LogP contribution is -2.81. The molecule has 1 aromatic heterocycles. The number of carbonyl (C=O) groups is 4. The van der Waals surface area contributed by atoms with Crippen molar-refractivity contribution in [2.45, 2.75) is 114 Å². The van der Waals surface area contributed by atoms with Crippen molar-refractivity contribution in [2.24, 2.45) is 11.3 Å². The van der Waals surface area contributed by atoms with E-state index in [1.54, 1.807) is 19.2 Å². The quantitative estimate of drug-likeness (QED) is 0.111. The van der Waals surface area contributed by atoms with Crippen molar-refractivity contribution in [3.63, 3.8) is 0 Å². The topological polar surface area (TPSA) is 151 Å². The third-order valence-corrected chi connectivity index (χ3v) is 15.6. The second kappa shape index (κ2) is 15.7. The number of fused-ring (bicyclic) bond motifs is 4. The van der Waals surface area contributed by atoms with Gasteiger partial charge in [0, 0.05) is 95.9 Å². The van der Waals surface area contributed by atoms with Crippen molar-refractivity contribution in [3.8, 4) is 5.75 Å². The number of methoxy groups -OCH3 is 3. The Morgan fingerprint density at radius 1 is 0.984 bits per heavy atom. The van der Waals surface area contributed by atoms with Crippen LogP contribution in [0.25, 0.3) is 10.9 Å². The molecule has 3 aromatic rings. The van der Waals surface area contributed by atoms with Gasteiger partial charge in [0.2, 0.25) is 11.5 Å². The van der Waals surface area contributed by atoms with Crippen molar-refractivity contribution >= 4 is 40.3 Å². The number of ketones is 1. The number of alkyl halides is 2. The number of anilines is 1.